The first kappa shape index (κ1) is 21.7. The van der Waals surface area contributed by atoms with Gasteiger partial charge in [-0.1, -0.05) is 24.3 Å². The molecule has 34 heavy (non-hydrogen) atoms. The average molecular weight is 465 g/mol. The SMILES string of the molecule is COc1cc(C=NN2C(=O)C3C4C=CC(C4)C3C2=O)cc([N+](=O)[O-])c1OCc1ccc(F)cc1. The van der Waals surface area contributed by atoms with Gasteiger partial charge in [-0.2, -0.15) is 10.1 Å². The molecule has 4 atom stereocenters. The van der Waals surface area contributed by atoms with Crippen LogP contribution in [0.25, 0.3) is 0 Å². The van der Waals surface area contributed by atoms with E-state index in [1.54, 1.807) is 0 Å². The van der Waals surface area contributed by atoms with Crippen LogP contribution in [0.4, 0.5) is 10.1 Å². The van der Waals surface area contributed by atoms with E-state index in [1.807, 2.05) is 12.2 Å². The highest BCUT2D eigenvalue weighted by molar-refractivity contribution is 6.06. The zero-order chi connectivity index (χ0) is 24.0. The maximum absolute atomic E-state index is 13.1. The Morgan fingerprint density at radius 1 is 1.15 bits per heavy atom. The van der Waals surface area contributed by atoms with Gasteiger partial charge in [0.2, 0.25) is 5.75 Å². The fourth-order valence-electron chi connectivity index (χ4n) is 4.98. The lowest BCUT2D eigenvalue weighted by atomic mass is 9.85. The van der Waals surface area contributed by atoms with Crippen molar-refractivity contribution in [3.63, 3.8) is 0 Å². The summed E-state index contributed by atoms with van der Waals surface area (Å²) < 4.78 is 24.0. The summed E-state index contributed by atoms with van der Waals surface area (Å²) in [6.07, 6.45) is 6.02. The van der Waals surface area contributed by atoms with Gasteiger partial charge < -0.3 is 9.47 Å². The number of nitro groups is 1. The van der Waals surface area contributed by atoms with Crippen molar-refractivity contribution < 1.29 is 28.4 Å². The molecule has 2 aliphatic carbocycles. The summed E-state index contributed by atoms with van der Waals surface area (Å²) in [6, 6.07) is 8.24. The molecule has 2 fully saturated rings. The molecule has 2 bridgehead atoms. The molecular formula is C24H20FN3O6. The van der Waals surface area contributed by atoms with Gasteiger partial charge in [0, 0.05) is 11.6 Å². The van der Waals surface area contributed by atoms with E-state index in [1.165, 1.54) is 49.7 Å². The Bertz CT molecular complexity index is 1210. The van der Waals surface area contributed by atoms with Crippen LogP contribution in [0.5, 0.6) is 11.5 Å². The fraction of sp³-hybridized carbons (Fsp3) is 0.292. The van der Waals surface area contributed by atoms with Gasteiger partial charge in [-0.3, -0.25) is 19.7 Å². The first-order chi connectivity index (χ1) is 16.4. The predicted molar refractivity (Wildman–Crippen MR) is 118 cm³/mol. The van der Waals surface area contributed by atoms with E-state index in [4.69, 9.17) is 9.47 Å². The zero-order valence-electron chi connectivity index (χ0n) is 18.1. The largest absolute Gasteiger partial charge is 0.493 e. The van der Waals surface area contributed by atoms with Crippen LogP contribution in [0.2, 0.25) is 0 Å². The maximum atomic E-state index is 13.1. The number of benzene rings is 2. The van der Waals surface area contributed by atoms with Gasteiger partial charge in [0.1, 0.15) is 12.4 Å². The number of ether oxygens (including phenoxy) is 2. The molecule has 0 aromatic heterocycles. The summed E-state index contributed by atoms with van der Waals surface area (Å²) in [5.41, 5.74) is 0.501. The Balaban J connectivity index is 1.39. The molecule has 0 spiro atoms. The first-order valence-electron chi connectivity index (χ1n) is 10.7. The second-order valence-electron chi connectivity index (χ2n) is 8.48. The van der Waals surface area contributed by atoms with Gasteiger partial charge in [-0.05, 0) is 42.0 Å². The number of hydrogen-bond donors (Lipinski definition) is 0. The third-order valence-corrected chi connectivity index (χ3v) is 6.54. The molecule has 2 amide bonds. The summed E-state index contributed by atoms with van der Waals surface area (Å²) in [4.78, 5) is 36.7. The number of rotatable bonds is 7. The lowest BCUT2D eigenvalue weighted by Crippen LogP contribution is -2.28. The van der Waals surface area contributed by atoms with Gasteiger partial charge in [0.05, 0.1) is 30.1 Å². The molecule has 5 rings (SSSR count). The smallest absolute Gasteiger partial charge is 0.315 e. The van der Waals surface area contributed by atoms with Crippen molar-refractivity contribution in [1.29, 1.82) is 0 Å². The maximum Gasteiger partial charge on any atom is 0.315 e. The average Bonchev–Trinajstić information content (AvgIpc) is 3.51. The molecule has 1 aliphatic heterocycles. The highest BCUT2D eigenvalue weighted by atomic mass is 19.1. The molecular weight excluding hydrogens is 445 g/mol. The van der Waals surface area contributed by atoms with Crippen LogP contribution in [0.15, 0.2) is 53.7 Å². The van der Waals surface area contributed by atoms with Crippen LogP contribution in [0, 0.1) is 39.6 Å². The van der Waals surface area contributed by atoms with Gasteiger partial charge in [0.15, 0.2) is 5.75 Å². The number of carbonyl (C=O) groups is 2. The van der Waals surface area contributed by atoms with Crippen molar-refractivity contribution in [2.45, 2.75) is 13.0 Å². The molecule has 1 saturated carbocycles. The van der Waals surface area contributed by atoms with Crippen molar-refractivity contribution >= 4 is 23.7 Å². The molecule has 10 heteroatoms. The predicted octanol–water partition coefficient (Wildman–Crippen LogP) is 3.46. The van der Waals surface area contributed by atoms with E-state index < -0.39 is 10.7 Å². The fourth-order valence-corrected chi connectivity index (χ4v) is 4.98. The second kappa shape index (κ2) is 8.36. The number of hydrazone groups is 1. The number of carbonyl (C=O) groups excluding carboxylic acids is 2. The Labute approximate surface area is 193 Å². The van der Waals surface area contributed by atoms with E-state index in [-0.39, 0.29) is 64.8 Å². The Morgan fingerprint density at radius 2 is 1.79 bits per heavy atom. The van der Waals surface area contributed by atoms with Gasteiger partial charge in [-0.25, -0.2) is 4.39 Å². The van der Waals surface area contributed by atoms with Crippen LogP contribution in [-0.4, -0.2) is 35.1 Å². The third-order valence-electron chi connectivity index (χ3n) is 6.54. The van der Waals surface area contributed by atoms with Crippen molar-refractivity contribution in [3.05, 3.63) is 75.6 Å². The normalized spacial score (nSPS) is 24.8. The van der Waals surface area contributed by atoms with Crippen LogP contribution >= 0.6 is 0 Å². The molecule has 9 nitrogen and oxygen atoms in total. The molecule has 3 aliphatic rings. The Hall–Kier alpha value is -4.08. The van der Waals surface area contributed by atoms with Crippen LogP contribution in [0.1, 0.15) is 17.5 Å². The molecule has 0 N–H and O–H groups in total. The topological polar surface area (TPSA) is 111 Å². The minimum absolute atomic E-state index is 0.0408. The number of hydrogen-bond acceptors (Lipinski definition) is 7. The first-order valence-corrected chi connectivity index (χ1v) is 10.7. The zero-order valence-corrected chi connectivity index (χ0v) is 18.1. The monoisotopic (exact) mass is 465 g/mol. The quantitative estimate of drug-likeness (QED) is 0.204. The van der Waals surface area contributed by atoms with E-state index in [0.29, 0.717) is 5.56 Å². The van der Waals surface area contributed by atoms with Gasteiger partial charge in [0.25, 0.3) is 11.8 Å². The standard InChI is InChI=1S/C24H20FN3O6/c1-33-19-9-14(8-18(28(31)32)22(19)34-12-13-2-6-17(25)7-3-13)11-26-27-23(29)20-15-4-5-16(10-15)21(20)24(27)30/h2-9,11,15-16,20-21H,10,12H2,1H3. The number of allylic oxidation sites excluding steroid dienone is 2. The molecule has 174 valence electrons. The second-order valence-corrected chi connectivity index (χ2v) is 8.48. The van der Waals surface area contributed by atoms with Gasteiger partial charge >= 0.3 is 5.69 Å². The summed E-state index contributed by atoms with van der Waals surface area (Å²) in [5.74, 6) is -1.76. The number of methoxy groups -OCH3 is 1. The van der Waals surface area contributed by atoms with E-state index in [9.17, 15) is 24.1 Å². The number of amides is 2. The number of halogens is 1. The lowest BCUT2D eigenvalue weighted by molar-refractivity contribution is -0.386. The Kier molecular flexibility index (Phi) is 5.35. The summed E-state index contributed by atoms with van der Waals surface area (Å²) >= 11 is 0. The van der Waals surface area contributed by atoms with Crippen molar-refractivity contribution in [3.8, 4) is 11.5 Å². The van der Waals surface area contributed by atoms with Crippen LogP contribution < -0.4 is 9.47 Å². The Morgan fingerprint density at radius 3 is 2.38 bits per heavy atom. The number of nitro benzene ring substituents is 1. The number of nitrogens with zero attached hydrogens (tertiary/aromatic N) is 3. The van der Waals surface area contributed by atoms with E-state index in [0.717, 1.165) is 11.4 Å². The highest BCUT2D eigenvalue weighted by Crippen LogP contribution is 2.52. The minimum Gasteiger partial charge on any atom is -0.493 e. The summed E-state index contributed by atoms with van der Waals surface area (Å²) in [7, 11) is 1.34. The molecule has 2 aromatic rings. The highest BCUT2D eigenvalue weighted by Gasteiger charge is 2.59. The molecule has 0 radical (unpaired) electrons. The van der Waals surface area contributed by atoms with E-state index in [2.05, 4.69) is 5.10 Å². The molecule has 2 aromatic carbocycles. The van der Waals surface area contributed by atoms with Crippen molar-refractivity contribution in [2.24, 2.45) is 28.8 Å². The van der Waals surface area contributed by atoms with Crippen molar-refractivity contribution in [2.75, 3.05) is 7.11 Å². The van der Waals surface area contributed by atoms with E-state index >= 15 is 0 Å². The molecule has 4 unspecified atom stereocenters. The van der Waals surface area contributed by atoms with Gasteiger partial charge in [-0.15, -0.1) is 0 Å². The molecule has 1 heterocycles. The van der Waals surface area contributed by atoms with Crippen molar-refractivity contribution in [1.82, 2.24) is 5.01 Å². The lowest BCUT2D eigenvalue weighted by Gasteiger charge is -2.13. The van der Waals surface area contributed by atoms with Crippen LogP contribution in [0.3, 0.4) is 0 Å². The summed E-state index contributed by atoms with van der Waals surface area (Å²) in [5, 5.41) is 16.7. The number of imide groups is 1. The molecule has 1 saturated heterocycles. The van der Waals surface area contributed by atoms with Crippen LogP contribution in [-0.2, 0) is 16.2 Å². The summed E-state index contributed by atoms with van der Waals surface area (Å²) in [6.45, 7) is -0.0408. The third kappa shape index (κ3) is 3.60. The number of fused-ring (bicyclic) bond motifs is 5. The minimum atomic E-state index is -0.625.